The topological polar surface area (TPSA) is 15.3 Å². The molecule has 1 aromatic carbocycles. The highest BCUT2D eigenvalue weighted by Gasteiger charge is 2.18. The number of likely N-dealkylation sites (tertiary alicyclic amines) is 1. The van der Waals surface area contributed by atoms with E-state index in [1.165, 1.54) is 31.4 Å². The third-order valence-electron chi connectivity index (χ3n) is 4.48. The summed E-state index contributed by atoms with van der Waals surface area (Å²) < 4.78 is 27.5. The number of nitrogens with zero attached hydrogens (tertiary/aromatic N) is 1. The first-order valence-electron chi connectivity index (χ1n) is 7.92. The van der Waals surface area contributed by atoms with Crippen LogP contribution in [0, 0.1) is 18.6 Å². The van der Waals surface area contributed by atoms with E-state index in [0.717, 1.165) is 19.6 Å². The highest BCUT2D eigenvalue weighted by Crippen LogP contribution is 2.21. The van der Waals surface area contributed by atoms with Gasteiger partial charge in [0.2, 0.25) is 0 Å². The number of aryl methyl sites for hydroxylation is 1. The van der Waals surface area contributed by atoms with Crippen LogP contribution in [0.5, 0.6) is 0 Å². The smallest absolute Gasteiger partial charge is 0.128 e. The van der Waals surface area contributed by atoms with E-state index in [-0.39, 0.29) is 17.7 Å². The fraction of sp³-hybridized carbons (Fsp3) is 0.647. The van der Waals surface area contributed by atoms with Gasteiger partial charge in [0.1, 0.15) is 11.6 Å². The molecule has 21 heavy (non-hydrogen) atoms. The molecule has 1 aromatic rings. The Morgan fingerprint density at radius 2 is 1.76 bits per heavy atom. The molecule has 1 fully saturated rings. The Hall–Kier alpha value is -1.00. The van der Waals surface area contributed by atoms with Crippen molar-refractivity contribution in [2.45, 2.75) is 52.1 Å². The Kier molecular flexibility index (Phi) is 5.71. The lowest BCUT2D eigenvalue weighted by atomic mass is 10.0. The summed E-state index contributed by atoms with van der Waals surface area (Å²) in [6, 6.07) is 2.82. The molecule has 0 spiro atoms. The van der Waals surface area contributed by atoms with Gasteiger partial charge >= 0.3 is 0 Å². The van der Waals surface area contributed by atoms with Gasteiger partial charge in [0.25, 0.3) is 0 Å². The Morgan fingerprint density at radius 1 is 1.10 bits per heavy atom. The third-order valence-corrected chi connectivity index (χ3v) is 4.48. The van der Waals surface area contributed by atoms with Crippen LogP contribution in [0.1, 0.15) is 50.3 Å². The van der Waals surface area contributed by atoms with Crippen LogP contribution in [0.2, 0.25) is 0 Å². The number of rotatable bonds is 5. The molecule has 2 nitrogen and oxygen atoms in total. The molecule has 0 aromatic heterocycles. The zero-order chi connectivity index (χ0) is 15.4. The molecule has 2 atom stereocenters. The summed E-state index contributed by atoms with van der Waals surface area (Å²) in [5.74, 6) is -0.677. The second-order valence-corrected chi connectivity index (χ2v) is 6.20. The van der Waals surface area contributed by atoms with E-state index >= 15 is 0 Å². The third kappa shape index (κ3) is 4.24. The maximum Gasteiger partial charge on any atom is 0.128 e. The second-order valence-electron chi connectivity index (χ2n) is 6.20. The average molecular weight is 296 g/mol. The van der Waals surface area contributed by atoms with Crippen LogP contribution in [0.3, 0.4) is 0 Å². The van der Waals surface area contributed by atoms with Crippen molar-refractivity contribution in [1.29, 1.82) is 0 Å². The van der Waals surface area contributed by atoms with Crippen molar-refractivity contribution in [2.24, 2.45) is 0 Å². The zero-order valence-electron chi connectivity index (χ0n) is 13.3. The molecule has 1 aliphatic rings. The van der Waals surface area contributed by atoms with Gasteiger partial charge in [-0.3, -0.25) is 4.90 Å². The Morgan fingerprint density at radius 3 is 2.43 bits per heavy atom. The molecule has 118 valence electrons. The molecule has 1 aliphatic heterocycles. The predicted molar refractivity (Wildman–Crippen MR) is 82.4 cm³/mol. The first kappa shape index (κ1) is 16.4. The van der Waals surface area contributed by atoms with Gasteiger partial charge < -0.3 is 5.32 Å². The minimum atomic E-state index is -0.343. The summed E-state index contributed by atoms with van der Waals surface area (Å²) in [5, 5.41) is 3.34. The van der Waals surface area contributed by atoms with E-state index in [1.54, 1.807) is 6.92 Å². The summed E-state index contributed by atoms with van der Waals surface area (Å²) in [6.45, 7) is 8.73. The normalized spacial score (nSPS) is 19.5. The van der Waals surface area contributed by atoms with Crippen molar-refractivity contribution in [3.63, 3.8) is 0 Å². The van der Waals surface area contributed by atoms with Crippen molar-refractivity contribution in [2.75, 3.05) is 19.6 Å². The van der Waals surface area contributed by atoms with E-state index in [4.69, 9.17) is 0 Å². The van der Waals surface area contributed by atoms with Crippen LogP contribution in [-0.4, -0.2) is 30.6 Å². The minimum absolute atomic E-state index is 0.188. The van der Waals surface area contributed by atoms with Gasteiger partial charge in [-0.1, -0.05) is 6.42 Å². The summed E-state index contributed by atoms with van der Waals surface area (Å²) in [7, 11) is 0. The second kappa shape index (κ2) is 7.32. The number of benzene rings is 1. The Balaban J connectivity index is 1.92. The lowest BCUT2D eigenvalue weighted by Gasteiger charge is -2.33. The van der Waals surface area contributed by atoms with Gasteiger partial charge in [0.15, 0.2) is 0 Å². The number of halogens is 2. The molecular weight excluding hydrogens is 270 g/mol. The van der Waals surface area contributed by atoms with Gasteiger partial charge in [0, 0.05) is 24.2 Å². The fourth-order valence-corrected chi connectivity index (χ4v) is 2.94. The highest BCUT2D eigenvalue weighted by molar-refractivity contribution is 5.27. The van der Waals surface area contributed by atoms with Gasteiger partial charge in [-0.15, -0.1) is 0 Å². The van der Waals surface area contributed by atoms with Crippen LogP contribution in [0.4, 0.5) is 8.78 Å². The first-order chi connectivity index (χ1) is 9.99. The molecule has 1 saturated heterocycles. The van der Waals surface area contributed by atoms with Gasteiger partial charge in [-0.25, -0.2) is 8.78 Å². The van der Waals surface area contributed by atoms with Crippen molar-refractivity contribution in [3.8, 4) is 0 Å². The zero-order valence-corrected chi connectivity index (χ0v) is 13.3. The van der Waals surface area contributed by atoms with Crippen LogP contribution in [0.15, 0.2) is 12.1 Å². The molecule has 0 aliphatic carbocycles. The number of hydrogen-bond acceptors (Lipinski definition) is 2. The lowest BCUT2D eigenvalue weighted by molar-refractivity contribution is 0.168. The largest absolute Gasteiger partial charge is 0.309 e. The molecule has 0 saturated carbocycles. The molecule has 1 N–H and O–H groups in total. The molecule has 2 unspecified atom stereocenters. The van der Waals surface area contributed by atoms with Crippen molar-refractivity contribution in [3.05, 3.63) is 34.9 Å². The molecule has 0 bridgehead atoms. The summed E-state index contributed by atoms with van der Waals surface area (Å²) in [4.78, 5) is 2.47. The molecule has 2 rings (SSSR count). The van der Waals surface area contributed by atoms with Gasteiger partial charge in [-0.05, 0) is 64.4 Å². The van der Waals surface area contributed by atoms with Gasteiger partial charge in [-0.2, -0.15) is 0 Å². The molecule has 0 radical (unpaired) electrons. The first-order valence-corrected chi connectivity index (χ1v) is 7.92. The Labute approximate surface area is 126 Å². The number of piperidine rings is 1. The molecular formula is C17H26F2N2. The number of nitrogens with one attached hydrogen (secondary N) is 1. The van der Waals surface area contributed by atoms with E-state index in [9.17, 15) is 8.78 Å². The maximum absolute atomic E-state index is 13.9. The maximum atomic E-state index is 13.9. The molecule has 1 heterocycles. The number of hydrogen-bond donors (Lipinski definition) is 1. The van der Waals surface area contributed by atoms with Crippen LogP contribution < -0.4 is 5.32 Å². The van der Waals surface area contributed by atoms with Crippen LogP contribution >= 0.6 is 0 Å². The summed E-state index contributed by atoms with van der Waals surface area (Å²) in [5.41, 5.74) is 0.758. The summed E-state index contributed by atoms with van der Waals surface area (Å²) >= 11 is 0. The predicted octanol–water partition coefficient (Wildman–Crippen LogP) is 3.80. The van der Waals surface area contributed by atoms with Crippen LogP contribution in [-0.2, 0) is 0 Å². The molecule has 0 amide bonds. The van der Waals surface area contributed by atoms with E-state index < -0.39 is 0 Å². The standard InChI is InChI=1S/C17H26F2N2/c1-12-9-17(19)15(10-16(12)18)14(3)20-11-13(2)21-7-5-4-6-8-21/h9-10,13-14,20H,4-8,11H2,1-3H3. The minimum Gasteiger partial charge on any atom is -0.309 e. The van der Waals surface area contributed by atoms with Crippen molar-refractivity contribution >= 4 is 0 Å². The van der Waals surface area contributed by atoms with Crippen LogP contribution in [0.25, 0.3) is 0 Å². The SMILES string of the molecule is Cc1cc(F)c(C(C)NCC(C)N2CCCCC2)cc1F. The lowest BCUT2D eigenvalue weighted by Crippen LogP contribution is -2.43. The van der Waals surface area contributed by atoms with Crippen molar-refractivity contribution in [1.82, 2.24) is 10.2 Å². The van der Waals surface area contributed by atoms with E-state index in [1.807, 2.05) is 6.92 Å². The quantitative estimate of drug-likeness (QED) is 0.889. The fourth-order valence-electron chi connectivity index (χ4n) is 2.94. The molecule has 4 heteroatoms. The monoisotopic (exact) mass is 296 g/mol. The average Bonchev–Trinajstić information content (AvgIpc) is 2.49. The van der Waals surface area contributed by atoms with E-state index in [0.29, 0.717) is 17.2 Å². The summed E-state index contributed by atoms with van der Waals surface area (Å²) in [6.07, 6.45) is 3.84. The van der Waals surface area contributed by atoms with Crippen molar-refractivity contribution < 1.29 is 8.78 Å². The van der Waals surface area contributed by atoms with E-state index in [2.05, 4.69) is 17.1 Å². The van der Waals surface area contributed by atoms with Gasteiger partial charge in [0.05, 0.1) is 0 Å². The highest BCUT2D eigenvalue weighted by atomic mass is 19.1. The Bertz CT molecular complexity index is 470.